The normalized spacial score (nSPS) is 11.4. The molecule has 0 aromatic heterocycles. The second kappa shape index (κ2) is 9.97. The third kappa shape index (κ3) is 6.15. The molecular weight excluding hydrogens is 347 g/mol. The first-order chi connectivity index (χ1) is 13.0. The van der Waals surface area contributed by atoms with Gasteiger partial charge in [-0.2, -0.15) is 0 Å². The number of carboxylic acid groups (broad SMARTS) is 1. The van der Waals surface area contributed by atoms with Crippen LogP contribution >= 0.6 is 0 Å². The van der Waals surface area contributed by atoms with Crippen LogP contribution in [0.1, 0.15) is 29.3 Å². The van der Waals surface area contributed by atoms with Crippen LogP contribution in [0, 0.1) is 0 Å². The highest BCUT2D eigenvalue weighted by atomic mass is 19.1. The average molecular weight is 368 g/mol. The van der Waals surface area contributed by atoms with Crippen LogP contribution in [0.3, 0.4) is 0 Å². The summed E-state index contributed by atoms with van der Waals surface area (Å²) in [5, 5.41) is 9.35. The van der Waals surface area contributed by atoms with Gasteiger partial charge in [0.1, 0.15) is 17.1 Å². The highest BCUT2D eigenvalue weighted by Crippen LogP contribution is 2.27. The van der Waals surface area contributed by atoms with Gasteiger partial charge < -0.3 is 14.6 Å². The Morgan fingerprint density at radius 1 is 1.22 bits per heavy atom. The van der Waals surface area contributed by atoms with Crippen LogP contribution in [0.5, 0.6) is 11.5 Å². The molecule has 1 N–H and O–H groups in total. The van der Waals surface area contributed by atoms with Gasteiger partial charge in [0.05, 0.1) is 6.61 Å². The summed E-state index contributed by atoms with van der Waals surface area (Å²) in [5.74, 6) is -0.916. The molecule has 5 heteroatoms. The minimum atomic E-state index is -1.08. The van der Waals surface area contributed by atoms with Crippen LogP contribution < -0.4 is 4.74 Å². The topological polar surface area (TPSA) is 55.8 Å². The predicted molar refractivity (Wildman–Crippen MR) is 104 cm³/mol. The molecule has 2 aromatic carbocycles. The highest BCUT2D eigenvalue weighted by Gasteiger charge is 2.12. The molecule has 0 bridgehead atoms. The highest BCUT2D eigenvalue weighted by molar-refractivity contribution is 5.91. The van der Waals surface area contributed by atoms with Crippen molar-refractivity contribution in [3.05, 3.63) is 90.0 Å². The van der Waals surface area contributed by atoms with E-state index in [9.17, 15) is 14.3 Å². The van der Waals surface area contributed by atoms with Gasteiger partial charge in [0, 0.05) is 0 Å². The maximum absolute atomic E-state index is 13.4. The van der Waals surface area contributed by atoms with Crippen LogP contribution in [-0.4, -0.2) is 17.7 Å². The quantitative estimate of drug-likeness (QED) is 0.437. The summed E-state index contributed by atoms with van der Waals surface area (Å²) in [6.45, 7) is 5.56. The van der Waals surface area contributed by atoms with E-state index < -0.39 is 11.8 Å². The number of aromatic carboxylic acids is 1. The molecule has 0 saturated heterocycles. The zero-order valence-corrected chi connectivity index (χ0v) is 15.0. The van der Waals surface area contributed by atoms with E-state index in [2.05, 4.69) is 6.58 Å². The van der Waals surface area contributed by atoms with Gasteiger partial charge in [0.2, 0.25) is 0 Å². The summed E-state index contributed by atoms with van der Waals surface area (Å²) in [7, 11) is 0. The molecule has 0 saturated carbocycles. The van der Waals surface area contributed by atoms with Crippen molar-refractivity contribution < 1.29 is 23.8 Å². The zero-order chi connectivity index (χ0) is 19.6. The lowest BCUT2D eigenvalue weighted by Gasteiger charge is -2.09. The van der Waals surface area contributed by atoms with Crippen LogP contribution in [-0.2, 0) is 4.74 Å². The average Bonchev–Trinajstić information content (AvgIpc) is 2.65. The van der Waals surface area contributed by atoms with Crippen LogP contribution in [0.25, 0.3) is 6.08 Å². The number of rotatable bonds is 9. The summed E-state index contributed by atoms with van der Waals surface area (Å²) in [6.07, 6.45) is 5.53. The second-order valence-electron chi connectivity index (χ2n) is 5.62. The molecule has 0 heterocycles. The number of carboxylic acids is 1. The first kappa shape index (κ1) is 20.0. The van der Waals surface area contributed by atoms with Gasteiger partial charge >= 0.3 is 5.97 Å². The summed E-state index contributed by atoms with van der Waals surface area (Å²) in [5.41, 5.74) is 0.747. The van der Waals surface area contributed by atoms with Crippen molar-refractivity contribution in [2.45, 2.75) is 13.3 Å². The molecule has 2 aromatic rings. The molecule has 0 aliphatic heterocycles. The number of halogens is 1. The van der Waals surface area contributed by atoms with Crippen molar-refractivity contribution in [2.24, 2.45) is 0 Å². The molecule has 0 radical (unpaired) electrons. The third-order valence-electron chi connectivity index (χ3n) is 3.47. The molecule has 0 aliphatic carbocycles. The maximum Gasteiger partial charge on any atom is 0.339 e. The Kier molecular flexibility index (Phi) is 7.37. The molecule has 0 amide bonds. The minimum absolute atomic E-state index is 0.0515. The van der Waals surface area contributed by atoms with Crippen LogP contribution in [0.4, 0.5) is 4.39 Å². The van der Waals surface area contributed by atoms with Crippen molar-refractivity contribution in [3.63, 3.8) is 0 Å². The monoisotopic (exact) mass is 368 g/mol. The fourth-order valence-electron chi connectivity index (χ4n) is 2.19. The molecule has 0 unspecified atom stereocenters. The first-order valence-electron chi connectivity index (χ1n) is 8.47. The van der Waals surface area contributed by atoms with E-state index in [1.54, 1.807) is 48.6 Å². The van der Waals surface area contributed by atoms with E-state index in [-0.39, 0.29) is 17.1 Å². The van der Waals surface area contributed by atoms with E-state index in [1.165, 1.54) is 12.1 Å². The van der Waals surface area contributed by atoms with Crippen molar-refractivity contribution in [3.8, 4) is 11.5 Å². The largest absolute Gasteiger partial charge is 0.491 e. The molecule has 0 spiro atoms. The molecule has 27 heavy (non-hydrogen) atoms. The number of carbonyl (C=O) groups is 1. The summed E-state index contributed by atoms with van der Waals surface area (Å²) >= 11 is 0. The number of para-hydroxylation sites is 1. The summed E-state index contributed by atoms with van der Waals surface area (Å²) in [4.78, 5) is 11.4. The van der Waals surface area contributed by atoms with E-state index >= 15 is 0 Å². The Morgan fingerprint density at radius 2 is 1.96 bits per heavy atom. The Labute approximate surface area is 157 Å². The van der Waals surface area contributed by atoms with Crippen molar-refractivity contribution >= 4 is 12.0 Å². The smallest absolute Gasteiger partial charge is 0.339 e. The van der Waals surface area contributed by atoms with Crippen molar-refractivity contribution in [2.75, 3.05) is 6.61 Å². The molecule has 0 fully saturated rings. The minimum Gasteiger partial charge on any atom is -0.491 e. The van der Waals surface area contributed by atoms with Gasteiger partial charge in [-0.25, -0.2) is 9.18 Å². The van der Waals surface area contributed by atoms with Gasteiger partial charge in [0.15, 0.2) is 11.6 Å². The van der Waals surface area contributed by atoms with Gasteiger partial charge in [-0.05, 0) is 42.3 Å². The number of ether oxygens (including phenoxy) is 2. The lowest BCUT2D eigenvalue weighted by molar-refractivity contribution is 0.0694. The Hall–Kier alpha value is -3.34. The van der Waals surface area contributed by atoms with Gasteiger partial charge in [-0.3, -0.25) is 0 Å². The summed E-state index contributed by atoms with van der Waals surface area (Å²) in [6, 6.07) is 13.6. The molecule has 140 valence electrons. The SMILES string of the molecule is C=C(F)/C(=C\C=C\c1ccc(C(=O)O)c(Oc2ccccc2)c1)OCCC. The number of allylic oxidation sites excluding steroid dienone is 3. The van der Waals surface area contributed by atoms with Gasteiger partial charge in [0.25, 0.3) is 0 Å². The molecule has 0 aliphatic rings. The maximum atomic E-state index is 13.4. The van der Waals surface area contributed by atoms with E-state index in [0.29, 0.717) is 17.9 Å². The summed E-state index contributed by atoms with van der Waals surface area (Å²) < 4.78 is 24.3. The second-order valence-corrected chi connectivity index (χ2v) is 5.62. The number of benzene rings is 2. The van der Waals surface area contributed by atoms with E-state index in [4.69, 9.17) is 9.47 Å². The number of hydrogen-bond acceptors (Lipinski definition) is 3. The van der Waals surface area contributed by atoms with E-state index in [0.717, 1.165) is 6.42 Å². The third-order valence-corrected chi connectivity index (χ3v) is 3.47. The van der Waals surface area contributed by atoms with Gasteiger partial charge in [-0.15, -0.1) is 0 Å². The van der Waals surface area contributed by atoms with Crippen molar-refractivity contribution in [1.82, 2.24) is 0 Å². The molecule has 4 nitrogen and oxygen atoms in total. The molecular formula is C22H21FO4. The Bertz CT molecular complexity index is 854. The Balaban J connectivity index is 2.26. The number of hydrogen-bond donors (Lipinski definition) is 1. The van der Waals surface area contributed by atoms with Crippen LogP contribution in [0.2, 0.25) is 0 Å². The molecule has 0 atom stereocenters. The zero-order valence-electron chi connectivity index (χ0n) is 15.0. The standard InChI is InChI=1S/C22H21FO4/c1-3-14-26-20(16(2)23)11-7-8-17-12-13-19(22(24)25)21(15-17)27-18-9-5-4-6-10-18/h4-13,15H,2-3,14H2,1H3,(H,24,25)/b8-7+,20-11+. The Morgan fingerprint density at radius 3 is 2.59 bits per heavy atom. The fourth-order valence-corrected chi connectivity index (χ4v) is 2.19. The molecule has 2 rings (SSSR count). The first-order valence-corrected chi connectivity index (χ1v) is 8.47. The van der Waals surface area contributed by atoms with Gasteiger partial charge in [-0.1, -0.05) is 49.9 Å². The lowest BCUT2D eigenvalue weighted by atomic mass is 10.1. The van der Waals surface area contributed by atoms with E-state index in [1.807, 2.05) is 13.0 Å². The van der Waals surface area contributed by atoms with Crippen molar-refractivity contribution in [1.29, 1.82) is 0 Å². The predicted octanol–water partition coefficient (Wildman–Crippen LogP) is 5.98. The fraction of sp³-hybridized carbons (Fsp3) is 0.136. The van der Waals surface area contributed by atoms with Crippen LogP contribution in [0.15, 0.2) is 78.8 Å². The lowest BCUT2D eigenvalue weighted by Crippen LogP contribution is -2.00.